The van der Waals surface area contributed by atoms with E-state index in [4.69, 9.17) is 40.1 Å². The maximum atomic E-state index is 13.1. The van der Waals surface area contributed by atoms with Crippen LogP contribution in [0.15, 0.2) is 9.98 Å². The van der Waals surface area contributed by atoms with E-state index in [9.17, 15) is 33.9 Å². The van der Waals surface area contributed by atoms with Crippen molar-refractivity contribution >= 4 is 47.4 Å². The minimum Gasteiger partial charge on any atom is -0.480 e. The van der Waals surface area contributed by atoms with Crippen LogP contribution >= 0.6 is 0 Å². The minimum absolute atomic E-state index is 0.0145. The molecule has 0 aromatic carbocycles. The van der Waals surface area contributed by atoms with Crippen LogP contribution in [0, 0.1) is 0 Å². The number of aliphatic carboxylic acids is 1. The third kappa shape index (κ3) is 15.9. The van der Waals surface area contributed by atoms with Gasteiger partial charge < -0.3 is 61.2 Å². The van der Waals surface area contributed by atoms with Gasteiger partial charge in [0, 0.05) is 13.1 Å². The molecule has 220 valence electrons. The topological polar surface area (TPSA) is 366 Å². The fourth-order valence-corrected chi connectivity index (χ4v) is 3.08. The molecule has 4 unspecified atom stereocenters. The van der Waals surface area contributed by atoms with E-state index in [1.54, 1.807) is 0 Å². The van der Waals surface area contributed by atoms with Crippen molar-refractivity contribution in [3.8, 4) is 0 Å². The van der Waals surface area contributed by atoms with Crippen LogP contribution in [0.25, 0.3) is 0 Å². The molecular formula is C20H38N12O7. The van der Waals surface area contributed by atoms with Gasteiger partial charge >= 0.3 is 5.97 Å². The summed E-state index contributed by atoms with van der Waals surface area (Å²) in [5, 5.41) is 16.3. The normalized spacial score (nSPS) is 13.5. The van der Waals surface area contributed by atoms with Crippen molar-refractivity contribution in [2.75, 3.05) is 13.1 Å². The Kier molecular flexibility index (Phi) is 15.6. The molecule has 0 heterocycles. The van der Waals surface area contributed by atoms with Crippen LogP contribution in [-0.4, -0.2) is 89.8 Å². The quantitative estimate of drug-likeness (QED) is 0.0400. The van der Waals surface area contributed by atoms with Gasteiger partial charge in [-0.2, -0.15) is 0 Å². The predicted molar refractivity (Wildman–Crippen MR) is 139 cm³/mol. The summed E-state index contributed by atoms with van der Waals surface area (Å²) < 4.78 is 0. The second kappa shape index (κ2) is 17.7. The maximum absolute atomic E-state index is 13.1. The molecule has 0 bridgehead atoms. The first kappa shape index (κ1) is 34.3. The van der Waals surface area contributed by atoms with E-state index < -0.39 is 72.5 Å². The molecule has 4 atom stereocenters. The van der Waals surface area contributed by atoms with E-state index in [1.165, 1.54) is 0 Å². The summed E-state index contributed by atoms with van der Waals surface area (Å²) in [5.41, 5.74) is 36.9. The summed E-state index contributed by atoms with van der Waals surface area (Å²) in [6, 6.07) is -5.61. The number of hydrogen-bond donors (Lipinski definition) is 11. The summed E-state index contributed by atoms with van der Waals surface area (Å²) in [6.45, 7) is 0.178. The predicted octanol–water partition coefficient (Wildman–Crippen LogP) is -6.29. The lowest BCUT2D eigenvalue weighted by Crippen LogP contribution is -2.57. The highest BCUT2D eigenvalue weighted by atomic mass is 16.4. The average Bonchev–Trinajstić information content (AvgIpc) is 2.80. The molecule has 0 saturated heterocycles. The van der Waals surface area contributed by atoms with Crippen molar-refractivity contribution in [3.05, 3.63) is 0 Å². The van der Waals surface area contributed by atoms with Crippen LogP contribution in [0.2, 0.25) is 0 Å². The number of carbonyl (C=O) groups excluding carboxylic acids is 5. The van der Waals surface area contributed by atoms with Gasteiger partial charge in [0.05, 0.1) is 18.9 Å². The zero-order valence-corrected chi connectivity index (χ0v) is 21.3. The van der Waals surface area contributed by atoms with Gasteiger partial charge in [-0.1, -0.05) is 0 Å². The molecule has 0 rings (SSSR count). The number of carbonyl (C=O) groups is 6. The number of rotatable bonds is 19. The molecule has 5 amide bonds. The van der Waals surface area contributed by atoms with E-state index in [2.05, 4.69) is 25.9 Å². The number of amides is 5. The van der Waals surface area contributed by atoms with E-state index in [-0.39, 0.29) is 50.7 Å². The second-order valence-electron chi connectivity index (χ2n) is 8.37. The average molecular weight is 559 g/mol. The smallest absolute Gasteiger partial charge is 0.326 e. The van der Waals surface area contributed by atoms with Crippen molar-refractivity contribution in [1.82, 2.24) is 16.0 Å². The minimum atomic E-state index is -1.66. The first-order chi connectivity index (χ1) is 18.1. The van der Waals surface area contributed by atoms with Gasteiger partial charge in [0.25, 0.3) is 0 Å². The summed E-state index contributed by atoms with van der Waals surface area (Å²) >= 11 is 0. The van der Waals surface area contributed by atoms with E-state index >= 15 is 0 Å². The number of primary amides is 2. The standard InChI is InChI=1S/C20H38N12O7/c21-9(7-13(22)33)15(35)30-10(3-1-5-28-19(24)25)16(36)31-11(4-2-6-29-20(26)27)17(37)32-12(18(38)39)8-14(23)34/h9-12H,1-8,21H2,(H2,22,33)(H2,23,34)(H,30,35)(H,31,36)(H,32,37)(H,38,39)(H4,24,25,28)(H4,26,27,29). The van der Waals surface area contributed by atoms with Crippen LogP contribution in [-0.2, 0) is 28.8 Å². The van der Waals surface area contributed by atoms with Crippen molar-refractivity contribution in [2.24, 2.45) is 50.1 Å². The van der Waals surface area contributed by atoms with Gasteiger partial charge in [0.15, 0.2) is 11.9 Å². The second-order valence-corrected chi connectivity index (χ2v) is 8.37. The fourth-order valence-electron chi connectivity index (χ4n) is 3.08. The molecule has 0 fully saturated rings. The van der Waals surface area contributed by atoms with Crippen molar-refractivity contribution in [1.29, 1.82) is 0 Å². The zero-order valence-electron chi connectivity index (χ0n) is 21.3. The van der Waals surface area contributed by atoms with Gasteiger partial charge in [0.2, 0.25) is 29.5 Å². The number of carboxylic acids is 1. The van der Waals surface area contributed by atoms with Gasteiger partial charge in [-0.05, 0) is 25.7 Å². The molecule has 0 aliphatic rings. The molecule has 39 heavy (non-hydrogen) atoms. The van der Waals surface area contributed by atoms with Gasteiger partial charge in [-0.3, -0.25) is 34.0 Å². The fraction of sp³-hybridized carbons (Fsp3) is 0.600. The molecule has 0 saturated carbocycles. The highest BCUT2D eigenvalue weighted by molar-refractivity contribution is 5.95. The number of carboxylic acid groups (broad SMARTS) is 1. The number of aliphatic imine (C=N–C) groups is 2. The number of nitrogens with one attached hydrogen (secondary N) is 3. The summed E-state index contributed by atoms with van der Waals surface area (Å²) in [4.78, 5) is 79.7. The number of hydrogen-bond acceptors (Lipinski definition) is 9. The Bertz CT molecular complexity index is 947. The molecule has 0 radical (unpaired) electrons. The van der Waals surface area contributed by atoms with Crippen LogP contribution in [0.4, 0.5) is 0 Å². The van der Waals surface area contributed by atoms with E-state index in [0.29, 0.717) is 0 Å². The summed E-state index contributed by atoms with van der Waals surface area (Å²) in [6.07, 6.45) is -0.874. The molecule has 0 aromatic rings. The Morgan fingerprint density at radius 2 is 1.00 bits per heavy atom. The highest BCUT2D eigenvalue weighted by Crippen LogP contribution is 2.05. The zero-order chi connectivity index (χ0) is 30.1. The largest absolute Gasteiger partial charge is 0.480 e. The maximum Gasteiger partial charge on any atom is 0.326 e. The molecular weight excluding hydrogens is 520 g/mol. The first-order valence-corrected chi connectivity index (χ1v) is 11.7. The van der Waals surface area contributed by atoms with E-state index in [1.807, 2.05) is 0 Å². The molecule has 0 aromatic heterocycles. The third-order valence-corrected chi connectivity index (χ3v) is 4.93. The van der Waals surface area contributed by atoms with Crippen molar-refractivity contribution in [3.63, 3.8) is 0 Å². The van der Waals surface area contributed by atoms with Gasteiger partial charge in [-0.25, -0.2) is 4.79 Å². The lowest BCUT2D eigenvalue weighted by Gasteiger charge is -2.25. The molecule has 19 heteroatoms. The van der Waals surface area contributed by atoms with Crippen molar-refractivity contribution in [2.45, 2.75) is 62.7 Å². The highest BCUT2D eigenvalue weighted by Gasteiger charge is 2.30. The Morgan fingerprint density at radius 3 is 1.36 bits per heavy atom. The molecule has 18 N–H and O–H groups in total. The van der Waals surface area contributed by atoms with Crippen LogP contribution in [0.3, 0.4) is 0 Å². The van der Waals surface area contributed by atoms with Gasteiger partial charge in [0.1, 0.15) is 18.1 Å². The number of nitrogens with two attached hydrogens (primary N) is 7. The van der Waals surface area contributed by atoms with Crippen LogP contribution in [0.1, 0.15) is 38.5 Å². The summed E-state index contributed by atoms with van der Waals surface area (Å²) in [5.74, 6) is -6.40. The van der Waals surface area contributed by atoms with Gasteiger partial charge in [-0.15, -0.1) is 0 Å². The monoisotopic (exact) mass is 558 g/mol. The number of nitrogens with zero attached hydrogens (tertiary/aromatic N) is 2. The molecule has 0 spiro atoms. The third-order valence-electron chi connectivity index (χ3n) is 4.93. The Balaban J connectivity index is 5.80. The van der Waals surface area contributed by atoms with Crippen LogP contribution < -0.4 is 56.1 Å². The molecule has 19 nitrogen and oxygen atoms in total. The lowest BCUT2D eigenvalue weighted by molar-refractivity contribution is -0.143. The molecule has 0 aliphatic heterocycles. The van der Waals surface area contributed by atoms with Crippen LogP contribution in [0.5, 0.6) is 0 Å². The molecule has 0 aliphatic carbocycles. The van der Waals surface area contributed by atoms with Crippen molar-refractivity contribution < 1.29 is 33.9 Å². The van der Waals surface area contributed by atoms with E-state index in [0.717, 1.165) is 0 Å². The Labute approximate surface area is 223 Å². The Morgan fingerprint density at radius 1 is 0.615 bits per heavy atom. The number of guanidine groups is 2. The first-order valence-electron chi connectivity index (χ1n) is 11.7. The SMILES string of the molecule is NC(=O)CC(N)C(=O)NC(CCCN=C(N)N)C(=O)NC(CCCN=C(N)N)C(=O)NC(CC(N)=O)C(=O)O. The lowest BCUT2D eigenvalue weighted by atomic mass is 10.1. The summed E-state index contributed by atoms with van der Waals surface area (Å²) in [7, 11) is 0. The Hall–Kier alpha value is -4.68.